The lowest BCUT2D eigenvalue weighted by molar-refractivity contribution is -0.127. The van der Waals surface area contributed by atoms with Gasteiger partial charge >= 0.3 is 6.09 Å². The molecule has 0 saturated carbocycles. The standard InChI is InChI=1S/C26H27ClN2O5/c1-4-33-26(31)29-11-9-28(10-12-29)25(30)13-17(2)20-14-21-22(18-5-7-19(27)8-6-18)16-34-24(21)15-23(20)32-3/h5-8,13-16H,4,9-12H2,1-3H3/b17-13+. The normalized spacial score (nSPS) is 14.4. The molecule has 2 amide bonds. The third-order valence-corrected chi connectivity index (χ3v) is 6.18. The van der Waals surface area contributed by atoms with Gasteiger partial charge in [0.05, 0.1) is 20.0 Å². The Morgan fingerprint density at radius 2 is 1.76 bits per heavy atom. The molecule has 1 aromatic heterocycles. The number of hydrogen-bond acceptors (Lipinski definition) is 5. The number of furan rings is 1. The molecule has 3 aromatic rings. The van der Waals surface area contributed by atoms with Gasteiger partial charge in [-0.2, -0.15) is 0 Å². The highest BCUT2D eigenvalue weighted by Gasteiger charge is 2.24. The lowest BCUT2D eigenvalue weighted by Crippen LogP contribution is -2.50. The van der Waals surface area contributed by atoms with E-state index in [9.17, 15) is 9.59 Å². The molecule has 178 valence electrons. The quantitative estimate of drug-likeness (QED) is 0.451. The average Bonchev–Trinajstić information content (AvgIpc) is 3.26. The molecule has 2 aromatic carbocycles. The number of piperazine rings is 1. The molecule has 0 bridgehead atoms. The average molecular weight is 483 g/mol. The Bertz CT molecular complexity index is 1220. The first-order valence-corrected chi connectivity index (χ1v) is 11.5. The van der Waals surface area contributed by atoms with Crippen molar-refractivity contribution < 1.29 is 23.5 Å². The topological polar surface area (TPSA) is 72.2 Å². The monoisotopic (exact) mass is 482 g/mol. The fourth-order valence-corrected chi connectivity index (χ4v) is 4.19. The molecule has 2 heterocycles. The Morgan fingerprint density at radius 3 is 2.41 bits per heavy atom. The molecule has 0 spiro atoms. The lowest BCUT2D eigenvalue weighted by Gasteiger charge is -2.33. The van der Waals surface area contributed by atoms with Crippen molar-refractivity contribution in [1.29, 1.82) is 0 Å². The smallest absolute Gasteiger partial charge is 0.409 e. The van der Waals surface area contributed by atoms with Gasteiger partial charge in [0.2, 0.25) is 5.91 Å². The zero-order chi connectivity index (χ0) is 24.2. The van der Waals surface area contributed by atoms with Gasteiger partial charge in [0.25, 0.3) is 0 Å². The largest absolute Gasteiger partial charge is 0.496 e. The highest BCUT2D eigenvalue weighted by Crippen LogP contribution is 2.37. The minimum atomic E-state index is -0.337. The van der Waals surface area contributed by atoms with Crippen LogP contribution < -0.4 is 4.74 Å². The van der Waals surface area contributed by atoms with Crippen LogP contribution in [0, 0.1) is 0 Å². The van der Waals surface area contributed by atoms with Crippen molar-refractivity contribution in [2.45, 2.75) is 13.8 Å². The highest BCUT2D eigenvalue weighted by atomic mass is 35.5. The van der Waals surface area contributed by atoms with Crippen molar-refractivity contribution in [2.24, 2.45) is 0 Å². The zero-order valence-corrected chi connectivity index (χ0v) is 20.2. The van der Waals surface area contributed by atoms with Crippen LogP contribution in [0.1, 0.15) is 19.4 Å². The number of hydrogen-bond donors (Lipinski definition) is 0. The summed E-state index contributed by atoms with van der Waals surface area (Å²) in [5.74, 6) is 0.520. The summed E-state index contributed by atoms with van der Waals surface area (Å²) in [6.45, 7) is 5.82. The number of benzene rings is 2. The van der Waals surface area contributed by atoms with E-state index >= 15 is 0 Å². The summed E-state index contributed by atoms with van der Waals surface area (Å²) in [4.78, 5) is 28.2. The predicted molar refractivity (Wildman–Crippen MR) is 132 cm³/mol. The van der Waals surface area contributed by atoms with Crippen molar-refractivity contribution in [3.8, 4) is 16.9 Å². The molecular formula is C26H27ClN2O5. The van der Waals surface area contributed by atoms with Gasteiger partial charge in [-0.15, -0.1) is 0 Å². The van der Waals surface area contributed by atoms with Crippen LogP contribution in [0.15, 0.2) is 53.2 Å². The first kappa shape index (κ1) is 23.7. The molecule has 1 fully saturated rings. The number of carbonyl (C=O) groups excluding carboxylic acids is 2. The van der Waals surface area contributed by atoms with E-state index in [1.807, 2.05) is 43.3 Å². The number of allylic oxidation sites excluding steroid dienone is 1. The van der Waals surface area contributed by atoms with Gasteiger partial charge in [-0.1, -0.05) is 23.7 Å². The van der Waals surface area contributed by atoms with Gasteiger partial charge in [0.1, 0.15) is 11.3 Å². The van der Waals surface area contributed by atoms with Crippen molar-refractivity contribution in [1.82, 2.24) is 9.80 Å². The first-order valence-electron chi connectivity index (χ1n) is 11.2. The van der Waals surface area contributed by atoms with Crippen LogP contribution in [0.4, 0.5) is 4.79 Å². The van der Waals surface area contributed by atoms with Crippen molar-refractivity contribution in [3.63, 3.8) is 0 Å². The summed E-state index contributed by atoms with van der Waals surface area (Å²) >= 11 is 6.04. The second-order valence-electron chi connectivity index (χ2n) is 8.04. The number of nitrogens with zero attached hydrogens (tertiary/aromatic N) is 2. The second kappa shape index (κ2) is 10.2. The number of carbonyl (C=O) groups is 2. The highest BCUT2D eigenvalue weighted by molar-refractivity contribution is 6.30. The number of fused-ring (bicyclic) bond motifs is 1. The van der Waals surface area contributed by atoms with Crippen LogP contribution in [0.25, 0.3) is 27.7 Å². The van der Waals surface area contributed by atoms with E-state index < -0.39 is 0 Å². The molecule has 1 aliphatic rings. The van der Waals surface area contributed by atoms with E-state index in [0.29, 0.717) is 49.1 Å². The molecule has 0 N–H and O–H groups in total. The summed E-state index contributed by atoms with van der Waals surface area (Å²) in [5.41, 5.74) is 4.20. The molecule has 0 atom stereocenters. The number of methoxy groups -OCH3 is 1. The Labute approximate surface area is 203 Å². The Morgan fingerprint density at radius 1 is 1.09 bits per heavy atom. The Kier molecular flexibility index (Phi) is 7.12. The van der Waals surface area contributed by atoms with Crippen molar-refractivity contribution in [3.05, 3.63) is 59.3 Å². The van der Waals surface area contributed by atoms with Crippen molar-refractivity contribution in [2.75, 3.05) is 39.9 Å². The number of halogens is 1. The van der Waals surface area contributed by atoms with Gasteiger partial charge in [-0.3, -0.25) is 4.79 Å². The van der Waals surface area contributed by atoms with Crippen molar-refractivity contribution >= 4 is 40.1 Å². The second-order valence-corrected chi connectivity index (χ2v) is 8.48. The molecule has 8 heteroatoms. The van der Waals surface area contributed by atoms with Gasteiger partial charge in [0.15, 0.2) is 0 Å². The van der Waals surface area contributed by atoms with Crippen LogP contribution in [0.2, 0.25) is 5.02 Å². The maximum atomic E-state index is 13.0. The molecule has 1 aliphatic heterocycles. The molecule has 7 nitrogen and oxygen atoms in total. The number of amides is 2. The van der Waals surface area contributed by atoms with Crippen LogP contribution >= 0.6 is 11.6 Å². The molecule has 34 heavy (non-hydrogen) atoms. The predicted octanol–water partition coefficient (Wildman–Crippen LogP) is 5.47. The first-order chi connectivity index (χ1) is 16.4. The van der Waals surface area contributed by atoms with Crippen LogP contribution in [-0.4, -0.2) is 61.7 Å². The SMILES string of the molecule is CCOC(=O)N1CCN(C(=O)/C=C(\C)c2cc3c(-c4ccc(Cl)cc4)coc3cc2OC)CC1. The Balaban J connectivity index is 1.58. The third kappa shape index (κ3) is 4.89. The van der Waals surface area contributed by atoms with Crippen LogP contribution in [0.3, 0.4) is 0 Å². The molecule has 0 unspecified atom stereocenters. The fourth-order valence-electron chi connectivity index (χ4n) is 4.06. The molecule has 1 saturated heterocycles. The van der Waals surface area contributed by atoms with E-state index in [2.05, 4.69) is 0 Å². The van der Waals surface area contributed by atoms with Gasteiger partial charge in [-0.25, -0.2) is 4.79 Å². The minimum Gasteiger partial charge on any atom is -0.496 e. The van der Waals surface area contributed by atoms with Gasteiger partial charge in [0, 0.05) is 59.9 Å². The fraction of sp³-hybridized carbons (Fsp3) is 0.308. The third-order valence-electron chi connectivity index (χ3n) is 5.93. The summed E-state index contributed by atoms with van der Waals surface area (Å²) in [7, 11) is 1.59. The van der Waals surface area contributed by atoms with E-state index in [4.69, 9.17) is 25.5 Å². The van der Waals surface area contributed by atoms with Gasteiger partial charge < -0.3 is 23.7 Å². The summed E-state index contributed by atoms with van der Waals surface area (Å²) in [5, 5.41) is 1.58. The van der Waals surface area contributed by atoms with E-state index in [1.54, 1.807) is 36.2 Å². The van der Waals surface area contributed by atoms with Crippen LogP contribution in [-0.2, 0) is 9.53 Å². The van der Waals surface area contributed by atoms with E-state index in [0.717, 1.165) is 27.6 Å². The van der Waals surface area contributed by atoms with Gasteiger partial charge in [-0.05, 0) is 43.2 Å². The minimum absolute atomic E-state index is 0.103. The maximum absolute atomic E-state index is 13.0. The molecule has 4 rings (SSSR count). The van der Waals surface area contributed by atoms with E-state index in [1.165, 1.54) is 0 Å². The molecule has 0 radical (unpaired) electrons. The lowest BCUT2D eigenvalue weighted by atomic mass is 9.99. The van der Waals surface area contributed by atoms with Crippen LogP contribution in [0.5, 0.6) is 5.75 Å². The number of ether oxygens (including phenoxy) is 2. The van der Waals surface area contributed by atoms with E-state index in [-0.39, 0.29) is 12.0 Å². The summed E-state index contributed by atoms with van der Waals surface area (Å²) in [6.07, 6.45) is 2.99. The molecular weight excluding hydrogens is 456 g/mol. The maximum Gasteiger partial charge on any atom is 0.409 e. The summed E-state index contributed by atoms with van der Waals surface area (Å²) in [6, 6.07) is 11.4. The summed E-state index contributed by atoms with van der Waals surface area (Å²) < 4.78 is 16.4. The zero-order valence-electron chi connectivity index (χ0n) is 19.5. The Hall–Kier alpha value is -3.45. The molecule has 0 aliphatic carbocycles. The number of rotatable bonds is 5.